The number of aliphatic imine (C=N–C) groups is 1. The van der Waals surface area contributed by atoms with Crippen LogP contribution in [0.5, 0.6) is 5.75 Å². The van der Waals surface area contributed by atoms with E-state index in [1.165, 1.54) is 11.1 Å². The maximum atomic E-state index is 5.83. The van der Waals surface area contributed by atoms with Gasteiger partial charge in [-0.3, -0.25) is 4.99 Å². The van der Waals surface area contributed by atoms with Crippen LogP contribution in [0.4, 0.5) is 0 Å². The Morgan fingerprint density at radius 2 is 1.46 bits per heavy atom. The molecule has 2 aromatic carbocycles. The molecule has 5 nitrogen and oxygen atoms in total. The van der Waals surface area contributed by atoms with Crippen LogP contribution >= 0.6 is 24.0 Å². The molecular weight excluding hydrogens is 463 g/mol. The summed E-state index contributed by atoms with van der Waals surface area (Å²) in [5, 5.41) is 6.67. The molecular formula is C22H33IN4O. The van der Waals surface area contributed by atoms with Gasteiger partial charge in [-0.25, -0.2) is 0 Å². The topological polar surface area (TPSA) is 48.9 Å². The molecule has 0 spiro atoms. The van der Waals surface area contributed by atoms with Crippen molar-refractivity contribution in [3.8, 4) is 5.75 Å². The Bertz CT molecular complexity index is 673. The first-order valence-corrected chi connectivity index (χ1v) is 9.67. The monoisotopic (exact) mass is 496 g/mol. The molecule has 28 heavy (non-hydrogen) atoms. The van der Waals surface area contributed by atoms with E-state index in [1.54, 1.807) is 7.05 Å². The number of nitrogens with zero attached hydrogens (tertiary/aromatic N) is 2. The van der Waals surface area contributed by atoms with Gasteiger partial charge in [0.2, 0.25) is 0 Å². The summed E-state index contributed by atoms with van der Waals surface area (Å²) in [6.07, 6.45) is 0. The fourth-order valence-electron chi connectivity index (χ4n) is 2.72. The van der Waals surface area contributed by atoms with Gasteiger partial charge in [-0.05, 0) is 36.3 Å². The highest BCUT2D eigenvalue weighted by Gasteiger charge is 2.02. The molecule has 2 aromatic rings. The van der Waals surface area contributed by atoms with Gasteiger partial charge in [0.05, 0.1) is 0 Å². The van der Waals surface area contributed by atoms with E-state index < -0.39 is 0 Å². The number of nitrogens with one attached hydrogen (secondary N) is 2. The van der Waals surface area contributed by atoms with E-state index in [2.05, 4.69) is 58.6 Å². The van der Waals surface area contributed by atoms with Gasteiger partial charge in [0, 0.05) is 26.7 Å². The Balaban J connectivity index is 0.00000392. The highest BCUT2D eigenvalue weighted by atomic mass is 127. The van der Waals surface area contributed by atoms with Gasteiger partial charge in [-0.1, -0.05) is 56.3 Å². The summed E-state index contributed by atoms with van der Waals surface area (Å²) in [4.78, 5) is 6.63. The van der Waals surface area contributed by atoms with Crippen molar-refractivity contribution in [1.29, 1.82) is 0 Å². The molecule has 0 aliphatic heterocycles. The molecule has 0 aliphatic carbocycles. The molecule has 0 saturated carbocycles. The molecule has 0 aliphatic rings. The number of rotatable bonds is 10. The summed E-state index contributed by atoms with van der Waals surface area (Å²) in [6, 6.07) is 18.5. The molecule has 0 bridgehead atoms. The normalized spacial score (nSPS) is 11.1. The summed E-state index contributed by atoms with van der Waals surface area (Å²) < 4.78 is 5.83. The van der Waals surface area contributed by atoms with E-state index in [-0.39, 0.29) is 24.0 Å². The van der Waals surface area contributed by atoms with Gasteiger partial charge in [0.25, 0.3) is 0 Å². The van der Waals surface area contributed by atoms with Crippen molar-refractivity contribution >= 4 is 29.9 Å². The van der Waals surface area contributed by atoms with E-state index in [1.807, 2.05) is 30.3 Å². The van der Waals surface area contributed by atoms with Crippen molar-refractivity contribution in [1.82, 2.24) is 15.5 Å². The minimum absolute atomic E-state index is 0. The molecule has 0 saturated heterocycles. The number of hydrogen-bond acceptors (Lipinski definition) is 3. The first kappa shape index (κ1) is 24.2. The lowest BCUT2D eigenvalue weighted by Gasteiger charge is -2.18. The van der Waals surface area contributed by atoms with Crippen molar-refractivity contribution in [2.24, 2.45) is 4.99 Å². The van der Waals surface area contributed by atoms with Crippen molar-refractivity contribution < 1.29 is 4.74 Å². The molecule has 0 fully saturated rings. The predicted molar refractivity (Wildman–Crippen MR) is 129 cm³/mol. The number of likely N-dealkylation sites (N-methyl/N-ethyl adjacent to an activating group) is 1. The minimum Gasteiger partial charge on any atom is -0.492 e. The fourth-order valence-corrected chi connectivity index (χ4v) is 2.72. The Labute approximate surface area is 186 Å². The van der Waals surface area contributed by atoms with Crippen LogP contribution in [0, 0.1) is 0 Å². The Hall–Kier alpha value is -1.80. The molecule has 2 N–H and O–H groups in total. The van der Waals surface area contributed by atoms with E-state index >= 15 is 0 Å². The van der Waals surface area contributed by atoms with Gasteiger partial charge < -0.3 is 20.3 Å². The van der Waals surface area contributed by atoms with E-state index in [0.29, 0.717) is 6.54 Å². The van der Waals surface area contributed by atoms with Gasteiger partial charge in [0.1, 0.15) is 12.4 Å². The number of hydrogen-bond donors (Lipinski definition) is 2. The second-order valence-electron chi connectivity index (χ2n) is 6.28. The maximum absolute atomic E-state index is 5.83. The lowest BCUT2D eigenvalue weighted by atomic mass is 10.2. The molecule has 0 radical (unpaired) electrons. The highest BCUT2D eigenvalue weighted by molar-refractivity contribution is 14.0. The van der Waals surface area contributed by atoms with Crippen LogP contribution in [0.1, 0.15) is 25.0 Å². The van der Waals surface area contributed by atoms with Crippen molar-refractivity contribution in [2.75, 3.05) is 33.3 Å². The summed E-state index contributed by atoms with van der Waals surface area (Å²) in [7, 11) is 1.78. The zero-order valence-corrected chi connectivity index (χ0v) is 19.5. The summed E-state index contributed by atoms with van der Waals surface area (Å²) in [5.41, 5.74) is 2.42. The van der Waals surface area contributed by atoms with Gasteiger partial charge in [0.15, 0.2) is 5.96 Å². The first-order valence-electron chi connectivity index (χ1n) is 9.67. The van der Waals surface area contributed by atoms with Crippen LogP contribution in [0.3, 0.4) is 0 Å². The maximum Gasteiger partial charge on any atom is 0.191 e. The van der Waals surface area contributed by atoms with Crippen LogP contribution < -0.4 is 15.4 Å². The molecule has 0 aromatic heterocycles. The standard InChI is InChI=1S/C22H32N4O.HI/c1-4-26(5-2)15-16-27-21-13-11-20(12-14-21)18-25-22(23-3)24-17-19-9-7-6-8-10-19;/h6-14H,4-5,15-18H2,1-3H3,(H2,23,24,25);1H. The molecule has 6 heteroatoms. The van der Waals surface area contributed by atoms with Crippen molar-refractivity contribution in [2.45, 2.75) is 26.9 Å². The van der Waals surface area contributed by atoms with Crippen molar-refractivity contribution in [3.63, 3.8) is 0 Å². The molecule has 0 amide bonds. The van der Waals surface area contributed by atoms with Crippen LogP contribution in [0.25, 0.3) is 0 Å². The predicted octanol–water partition coefficient (Wildman–Crippen LogP) is 3.89. The molecule has 0 unspecified atom stereocenters. The lowest BCUT2D eigenvalue weighted by Crippen LogP contribution is -2.36. The van der Waals surface area contributed by atoms with E-state index in [4.69, 9.17) is 4.74 Å². The third-order valence-corrected chi connectivity index (χ3v) is 4.48. The molecule has 0 heterocycles. The molecule has 2 rings (SSSR count). The second-order valence-corrected chi connectivity index (χ2v) is 6.28. The van der Waals surface area contributed by atoms with Crippen molar-refractivity contribution in [3.05, 3.63) is 65.7 Å². The number of halogens is 1. The third-order valence-electron chi connectivity index (χ3n) is 4.48. The van der Waals surface area contributed by atoms with E-state index in [0.717, 1.165) is 44.5 Å². The molecule has 154 valence electrons. The summed E-state index contributed by atoms with van der Waals surface area (Å²) in [6.45, 7) is 9.61. The molecule has 0 atom stereocenters. The van der Waals surface area contributed by atoms with Gasteiger partial charge in [-0.2, -0.15) is 0 Å². The summed E-state index contributed by atoms with van der Waals surface area (Å²) in [5.74, 6) is 1.70. The number of ether oxygens (including phenoxy) is 1. The highest BCUT2D eigenvalue weighted by Crippen LogP contribution is 2.12. The average Bonchev–Trinajstić information content (AvgIpc) is 2.73. The number of benzene rings is 2. The Kier molecular flexibility index (Phi) is 12.3. The first-order chi connectivity index (χ1) is 13.2. The third kappa shape index (κ3) is 8.93. The second kappa shape index (κ2) is 14.2. The smallest absolute Gasteiger partial charge is 0.191 e. The van der Waals surface area contributed by atoms with Crippen LogP contribution in [0.15, 0.2) is 59.6 Å². The van der Waals surface area contributed by atoms with Gasteiger partial charge >= 0.3 is 0 Å². The number of guanidine groups is 1. The van der Waals surface area contributed by atoms with Crippen LogP contribution in [-0.2, 0) is 13.1 Å². The SMILES string of the molecule is CCN(CC)CCOc1ccc(CNC(=NC)NCc2ccccc2)cc1.I. The largest absolute Gasteiger partial charge is 0.492 e. The summed E-state index contributed by atoms with van der Waals surface area (Å²) >= 11 is 0. The lowest BCUT2D eigenvalue weighted by molar-refractivity contribution is 0.223. The minimum atomic E-state index is 0. The Morgan fingerprint density at radius 3 is 2.00 bits per heavy atom. The average molecular weight is 496 g/mol. The Morgan fingerprint density at radius 1 is 0.893 bits per heavy atom. The zero-order valence-electron chi connectivity index (χ0n) is 17.1. The quantitative estimate of drug-likeness (QED) is 0.298. The van der Waals surface area contributed by atoms with Crippen LogP contribution in [0.2, 0.25) is 0 Å². The van der Waals surface area contributed by atoms with Gasteiger partial charge in [-0.15, -0.1) is 24.0 Å². The zero-order chi connectivity index (χ0) is 19.3. The van der Waals surface area contributed by atoms with Crippen LogP contribution in [-0.4, -0.2) is 44.1 Å². The van der Waals surface area contributed by atoms with E-state index in [9.17, 15) is 0 Å². The fraction of sp³-hybridized carbons (Fsp3) is 0.409.